The Morgan fingerprint density at radius 3 is 2.95 bits per heavy atom. The van der Waals surface area contributed by atoms with Gasteiger partial charge in [0.05, 0.1) is 12.3 Å². The molecule has 0 aliphatic rings. The molecule has 3 N–H and O–H groups in total. The Kier molecular flexibility index (Phi) is 4.94. The van der Waals surface area contributed by atoms with Crippen LogP contribution in [0.2, 0.25) is 0 Å². The highest BCUT2D eigenvalue weighted by Gasteiger charge is 2.11. The van der Waals surface area contributed by atoms with E-state index in [0.717, 1.165) is 5.01 Å². The number of nitrogens with two attached hydrogens (primary N) is 1. The molecule has 1 heterocycles. The second-order valence-corrected chi connectivity index (χ2v) is 6.89. The topological polar surface area (TPSA) is 94.3 Å². The summed E-state index contributed by atoms with van der Waals surface area (Å²) in [5.41, 5.74) is 6.18. The van der Waals surface area contributed by atoms with E-state index in [0.29, 0.717) is 11.4 Å². The number of sulfonamides is 1. The zero-order valence-electron chi connectivity index (χ0n) is 10.7. The third-order valence-electron chi connectivity index (χ3n) is 2.41. The van der Waals surface area contributed by atoms with Crippen molar-refractivity contribution < 1.29 is 13.2 Å². The molecule has 0 aliphatic heterocycles. The Labute approximate surface area is 121 Å². The standard InChI is InChI=1S/C12H15N3O3S2/c13-10-2-1-3-11(8-10)18-5-7-20(16,17)15-9-12-14-4-6-19-12/h1-4,6,8,15H,5,7,9,13H2. The lowest BCUT2D eigenvalue weighted by atomic mass is 10.3. The van der Waals surface area contributed by atoms with Crippen molar-refractivity contribution in [3.63, 3.8) is 0 Å². The summed E-state index contributed by atoms with van der Waals surface area (Å²) < 4.78 is 31.3. The molecule has 0 bridgehead atoms. The van der Waals surface area contributed by atoms with E-state index in [-0.39, 0.29) is 18.9 Å². The highest BCUT2D eigenvalue weighted by atomic mass is 32.2. The SMILES string of the molecule is Nc1cccc(OCCS(=O)(=O)NCc2nccs2)c1. The Morgan fingerprint density at radius 2 is 2.25 bits per heavy atom. The summed E-state index contributed by atoms with van der Waals surface area (Å²) in [6, 6.07) is 6.86. The number of benzene rings is 1. The largest absolute Gasteiger partial charge is 0.492 e. The number of rotatable bonds is 7. The fourth-order valence-electron chi connectivity index (χ4n) is 1.46. The lowest BCUT2D eigenvalue weighted by molar-refractivity contribution is 0.340. The molecule has 0 radical (unpaired) electrons. The van der Waals surface area contributed by atoms with Crippen LogP contribution in [0.3, 0.4) is 0 Å². The van der Waals surface area contributed by atoms with Gasteiger partial charge in [-0.1, -0.05) is 6.07 Å². The van der Waals surface area contributed by atoms with Crippen LogP contribution in [-0.4, -0.2) is 25.8 Å². The van der Waals surface area contributed by atoms with Gasteiger partial charge in [0.2, 0.25) is 10.0 Å². The van der Waals surface area contributed by atoms with Gasteiger partial charge in [-0.05, 0) is 12.1 Å². The van der Waals surface area contributed by atoms with E-state index in [4.69, 9.17) is 10.5 Å². The Bertz CT molecular complexity index is 642. The molecule has 0 aliphatic carbocycles. The van der Waals surface area contributed by atoms with Gasteiger partial charge in [-0.2, -0.15) is 0 Å². The van der Waals surface area contributed by atoms with Crippen molar-refractivity contribution in [2.24, 2.45) is 0 Å². The van der Waals surface area contributed by atoms with E-state index < -0.39 is 10.0 Å². The van der Waals surface area contributed by atoms with Crippen LogP contribution in [0.25, 0.3) is 0 Å². The molecule has 2 rings (SSSR count). The molecule has 108 valence electrons. The predicted octanol–water partition coefficient (Wildman–Crippen LogP) is 1.22. The summed E-state index contributed by atoms with van der Waals surface area (Å²) in [4.78, 5) is 4.00. The van der Waals surface area contributed by atoms with Crippen molar-refractivity contribution in [1.29, 1.82) is 0 Å². The molecule has 0 saturated heterocycles. The van der Waals surface area contributed by atoms with E-state index in [2.05, 4.69) is 9.71 Å². The number of hydrogen-bond acceptors (Lipinski definition) is 6. The molecular weight excluding hydrogens is 298 g/mol. The third kappa shape index (κ3) is 4.80. The van der Waals surface area contributed by atoms with Crippen molar-refractivity contribution in [3.8, 4) is 5.75 Å². The summed E-state index contributed by atoms with van der Waals surface area (Å²) in [5, 5.41) is 2.53. The molecule has 2 aromatic rings. The third-order valence-corrected chi connectivity index (χ3v) is 4.47. The average Bonchev–Trinajstić information content (AvgIpc) is 2.89. The smallest absolute Gasteiger partial charge is 0.215 e. The highest BCUT2D eigenvalue weighted by molar-refractivity contribution is 7.89. The summed E-state index contributed by atoms with van der Waals surface area (Å²) in [6.07, 6.45) is 1.64. The summed E-state index contributed by atoms with van der Waals surface area (Å²) in [7, 11) is -3.38. The predicted molar refractivity (Wildman–Crippen MR) is 79.1 cm³/mol. The molecule has 0 unspecified atom stereocenters. The zero-order valence-corrected chi connectivity index (χ0v) is 12.3. The van der Waals surface area contributed by atoms with Gasteiger partial charge in [0.1, 0.15) is 17.4 Å². The van der Waals surface area contributed by atoms with Crippen molar-refractivity contribution in [2.45, 2.75) is 6.54 Å². The van der Waals surface area contributed by atoms with Crippen LogP contribution in [0.4, 0.5) is 5.69 Å². The number of thiazole rings is 1. The molecule has 0 amide bonds. The number of nitrogens with zero attached hydrogens (tertiary/aromatic N) is 1. The maximum absolute atomic E-state index is 11.7. The van der Waals surface area contributed by atoms with Crippen LogP contribution in [0.1, 0.15) is 5.01 Å². The van der Waals surface area contributed by atoms with Gasteiger partial charge in [-0.3, -0.25) is 0 Å². The molecule has 1 aromatic heterocycles. The Morgan fingerprint density at radius 1 is 1.40 bits per heavy atom. The second kappa shape index (κ2) is 6.69. The van der Waals surface area contributed by atoms with Gasteiger partial charge in [-0.15, -0.1) is 11.3 Å². The maximum atomic E-state index is 11.7. The van der Waals surface area contributed by atoms with E-state index in [1.807, 2.05) is 0 Å². The van der Waals surface area contributed by atoms with Gasteiger partial charge in [0.15, 0.2) is 0 Å². The van der Waals surface area contributed by atoms with E-state index in [1.165, 1.54) is 11.3 Å². The normalized spacial score (nSPS) is 11.4. The minimum atomic E-state index is -3.38. The van der Waals surface area contributed by atoms with Crippen molar-refractivity contribution in [3.05, 3.63) is 40.8 Å². The monoisotopic (exact) mass is 313 g/mol. The van der Waals surface area contributed by atoms with Gasteiger partial charge >= 0.3 is 0 Å². The van der Waals surface area contributed by atoms with E-state index in [1.54, 1.807) is 35.8 Å². The average molecular weight is 313 g/mol. The number of nitrogens with one attached hydrogen (secondary N) is 1. The molecule has 6 nitrogen and oxygen atoms in total. The van der Waals surface area contributed by atoms with E-state index in [9.17, 15) is 8.42 Å². The number of aromatic nitrogens is 1. The number of nitrogen functional groups attached to an aromatic ring is 1. The van der Waals surface area contributed by atoms with Crippen molar-refractivity contribution in [1.82, 2.24) is 9.71 Å². The van der Waals surface area contributed by atoms with Crippen LogP contribution in [-0.2, 0) is 16.6 Å². The van der Waals surface area contributed by atoms with Crippen LogP contribution < -0.4 is 15.2 Å². The molecular formula is C12H15N3O3S2. The molecule has 0 atom stereocenters. The Balaban J connectivity index is 1.77. The van der Waals surface area contributed by atoms with Crippen molar-refractivity contribution >= 4 is 27.0 Å². The van der Waals surface area contributed by atoms with Gasteiger partial charge < -0.3 is 10.5 Å². The molecule has 1 aromatic carbocycles. The fourth-order valence-corrected chi connectivity index (χ4v) is 2.91. The first kappa shape index (κ1) is 14.8. The first-order chi connectivity index (χ1) is 9.55. The summed E-state index contributed by atoms with van der Waals surface area (Å²) in [5.74, 6) is 0.438. The second-order valence-electron chi connectivity index (χ2n) is 3.99. The van der Waals surface area contributed by atoms with Crippen LogP contribution in [0.15, 0.2) is 35.8 Å². The van der Waals surface area contributed by atoms with Crippen LogP contribution in [0.5, 0.6) is 5.75 Å². The first-order valence-corrected chi connectivity index (χ1v) is 8.42. The minimum absolute atomic E-state index is 0.0661. The fraction of sp³-hybridized carbons (Fsp3) is 0.250. The molecule has 20 heavy (non-hydrogen) atoms. The lowest BCUT2D eigenvalue weighted by Gasteiger charge is -2.08. The molecule has 0 spiro atoms. The summed E-state index contributed by atoms with van der Waals surface area (Å²) >= 11 is 1.40. The van der Waals surface area contributed by atoms with Gasteiger partial charge in [0.25, 0.3) is 0 Å². The minimum Gasteiger partial charge on any atom is -0.492 e. The highest BCUT2D eigenvalue weighted by Crippen LogP contribution is 2.14. The number of ether oxygens (including phenoxy) is 1. The quantitative estimate of drug-likeness (QED) is 0.750. The lowest BCUT2D eigenvalue weighted by Crippen LogP contribution is -2.28. The van der Waals surface area contributed by atoms with E-state index >= 15 is 0 Å². The van der Waals surface area contributed by atoms with Gasteiger partial charge in [-0.25, -0.2) is 18.1 Å². The van der Waals surface area contributed by atoms with Crippen LogP contribution in [0, 0.1) is 0 Å². The van der Waals surface area contributed by atoms with Crippen molar-refractivity contribution in [2.75, 3.05) is 18.1 Å². The van der Waals surface area contributed by atoms with Gasteiger partial charge in [0, 0.05) is 23.3 Å². The summed E-state index contributed by atoms with van der Waals surface area (Å²) in [6.45, 7) is 0.273. The molecule has 8 heteroatoms. The first-order valence-electron chi connectivity index (χ1n) is 5.89. The zero-order chi connectivity index (χ0) is 14.4. The number of anilines is 1. The Hall–Kier alpha value is -1.64. The molecule has 0 saturated carbocycles. The molecule has 0 fully saturated rings. The number of hydrogen-bond donors (Lipinski definition) is 2. The van der Waals surface area contributed by atoms with Crippen LogP contribution >= 0.6 is 11.3 Å². The maximum Gasteiger partial charge on any atom is 0.215 e.